The van der Waals surface area contributed by atoms with Crippen molar-refractivity contribution in [2.75, 3.05) is 17.4 Å². The highest BCUT2D eigenvalue weighted by Gasteiger charge is 2.35. The molecule has 0 unspecified atom stereocenters. The molecule has 2 amide bonds. The van der Waals surface area contributed by atoms with Crippen LogP contribution in [0.3, 0.4) is 0 Å². The van der Waals surface area contributed by atoms with Crippen LogP contribution in [0.2, 0.25) is 10.0 Å². The third kappa shape index (κ3) is 8.31. The van der Waals surface area contributed by atoms with Crippen molar-refractivity contribution in [3.63, 3.8) is 0 Å². The van der Waals surface area contributed by atoms with Gasteiger partial charge in [-0.05, 0) is 62.4 Å². The summed E-state index contributed by atoms with van der Waals surface area (Å²) in [6.45, 7) is 3.40. The molecule has 1 atom stereocenters. The quantitative estimate of drug-likeness (QED) is 0.235. The van der Waals surface area contributed by atoms with Crippen LogP contribution in [0.4, 0.5) is 5.69 Å². The molecule has 230 valence electrons. The van der Waals surface area contributed by atoms with Gasteiger partial charge in [0, 0.05) is 12.6 Å². The van der Waals surface area contributed by atoms with E-state index < -0.39 is 28.5 Å². The van der Waals surface area contributed by atoms with Crippen LogP contribution >= 0.6 is 23.2 Å². The molecule has 10 heteroatoms. The van der Waals surface area contributed by atoms with E-state index in [0.29, 0.717) is 12.8 Å². The predicted molar refractivity (Wildman–Crippen MR) is 173 cm³/mol. The number of aryl methyl sites for hydroxylation is 1. The SMILES string of the molecule is CC[C@H](C(=O)NC1CCCCC1)N(CCc1ccccc1)C(=O)CN(c1cccc(Cl)c1Cl)S(=O)(=O)c1ccc(C)cc1. The Morgan fingerprint density at radius 2 is 1.60 bits per heavy atom. The molecule has 1 aliphatic carbocycles. The van der Waals surface area contributed by atoms with Crippen molar-refractivity contribution in [3.05, 3.63) is 94.0 Å². The van der Waals surface area contributed by atoms with E-state index in [2.05, 4.69) is 5.32 Å². The summed E-state index contributed by atoms with van der Waals surface area (Å²) in [6.07, 6.45) is 5.98. The number of hydrogen-bond donors (Lipinski definition) is 1. The lowest BCUT2D eigenvalue weighted by Crippen LogP contribution is -2.54. The summed E-state index contributed by atoms with van der Waals surface area (Å²) in [7, 11) is -4.24. The number of rotatable bonds is 12. The number of sulfonamides is 1. The molecule has 0 bridgehead atoms. The topological polar surface area (TPSA) is 86.8 Å². The van der Waals surface area contributed by atoms with E-state index in [1.54, 1.807) is 24.3 Å². The maximum atomic E-state index is 14.2. The van der Waals surface area contributed by atoms with Crippen molar-refractivity contribution in [3.8, 4) is 0 Å². The second-order valence-corrected chi connectivity index (χ2v) is 13.6. The van der Waals surface area contributed by atoms with Crippen molar-refractivity contribution in [2.45, 2.75) is 75.8 Å². The van der Waals surface area contributed by atoms with Crippen molar-refractivity contribution < 1.29 is 18.0 Å². The van der Waals surface area contributed by atoms with E-state index in [9.17, 15) is 18.0 Å². The van der Waals surface area contributed by atoms with Gasteiger partial charge >= 0.3 is 0 Å². The fraction of sp³-hybridized carbons (Fsp3) is 0.394. The molecule has 3 aromatic rings. The van der Waals surface area contributed by atoms with Crippen LogP contribution < -0.4 is 9.62 Å². The number of halogens is 2. The van der Waals surface area contributed by atoms with Gasteiger partial charge in [-0.25, -0.2) is 8.42 Å². The Hall–Kier alpha value is -3.07. The number of carbonyl (C=O) groups is 2. The third-order valence-corrected chi connectivity index (χ3v) is 10.5. The van der Waals surface area contributed by atoms with Crippen LogP contribution in [0.5, 0.6) is 0 Å². The average Bonchev–Trinajstić information content (AvgIpc) is 3.00. The van der Waals surface area contributed by atoms with Gasteiger partial charge in [-0.3, -0.25) is 13.9 Å². The van der Waals surface area contributed by atoms with Crippen LogP contribution in [0.1, 0.15) is 56.6 Å². The largest absolute Gasteiger partial charge is 0.352 e. The number of anilines is 1. The van der Waals surface area contributed by atoms with Crippen molar-refractivity contribution in [1.82, 2.24) is 10.2 Å². The smallest absolute Gasteiger partial charge is 0.264 e. The lowest BCUT2D eigenvalue weighted by Gasteiger charge is -2.34. The molecular formula is C33H39Cl2N3O4S. The van der Waals surface area contributed by atoms with E-state index in [1.165, 1.54) is 23.1 Å². The molecule has 0 spiro atoms. The molecule has 1 saturated carbocycles. The van der Waals surface area contributed by atoms with Gasteiger partial charge in [-0.1, -0.05) is 103 Å². The first kappa shape index (κ1) is 32.8. The van der Waals surface area contributed by atoms with Gasteiger partial charge in [0.05, 0.1) is 20.6 Å². The van der Waals surface area contributed by atoms with Crippen molar-refractivity contribution >= 4 is 50.7 Å². The average molecular weight is 645 g/mol. The number of nitrogens with zero attached hydrogens (tertiary/aromatic N) is 2. The molecular weight excluding hydrogens is 605 g/mol. The van der Waals surface area contributed by atoms with Crippen LogP contribution in [-0.2, 0) is 26.0 Å². The molecule has 0 aliphatic heterocycles. The van der Waals surface area contributed by atoms with Crippen LogP contribution in [0, 0.1) is 6.92 Å². The van der Waals surface area contributed by atoms with Crippen LogP contribution in [-0.4, -0.2) is 50.3 Å². The highest BCUT2D eigenvalue weighted by Crippen LogP contribution is 2.35. The molecule has 4 rings (SSSR count). The van der Waals surface area contributed by atoms with Gasteiger partial charge in [0.2, 0.25) is 11.8 Å². The van der Waals surface area contributed by atoms with Gasteiger partial charge in [-0.2, -0.15) is 0 Å². The molecule has 0 aromatic heterocycles. The zero-order chi connectivity index (χ0) is 31.0. The summed E-state index contributed by atoms with van der Waals surface area (Å²) in [5, 5.41) is 3.34. The van der Waals surface area contributed by atoms with Gasteiger partial charge in [-0.15, -0.1) is 0 Å². The monoisotopic (exact) mass is 643 g/mol. The molecule has 1 aliphatic rings. The first-order chi connectivity index (χ1) is 20.6. The predicted octanol–water partition coefficient (Wildman–Crippen LogP) is 6.80. The first-order valence-electron chi connectivity index (χ1n) is 14.8. The molecule has 3 aromatic carbocycles. The maximum Gasteiger partial charge on any atom is 0.264 e. The molecule has 1 fully saturated rings. The van der Waals surface area contributed by atoms with Gasteiger partial charge in [0.1, 0.15) is 12.6 Å². The lowest BCUT2D eigenvalue weighted by atomic mass is 9.95. The zero-order valence-electron chi connectivity index (χ0n) is 24.6. The van der Waals surface area contributed by atoms with E-state index >= 15 is 0 Å². The first-order valence-corrected chi connectivity index (χ1v) is 17.0. The fourth-order valence-electron chi connectivity index (χ4n) is 5.48. The Bertz CT molecular complexity index is 1490. The molecule has 43 heavy (non-hydrogen) atoms. The Morgan fingerprint density at radius 1 is 0.930 bits per heavy atom. The number of carbonyl (C=O) groups excluding carboxylic acids is 2. The number of benzene rings is 3. The second kappa shape index (κ2) is 15.1. The Balaban J connectivity index is 1.70. The highest BCUT2D eigenvalue weighted by molar-refractivity contribution is 7.92. The summed E-state index contributed by atoms with van der Waals surface area (Å²) >= 11 is 12.8. The number of nitrogens with one attached hydrogen (secondary N) is 1. The van der Waals surface area contributed by atoms with Crippen LogP contribution in [0.15, 0.2) is 77.7 Å². The Labute approximate surface area is 265 Å². The third-order valence-electron chi connectivity index (χ3n) is 7.91. The summed E-state index contributed by atoms with van der Waals surface area (Å²) in [5.41, 5.74) is 1.99. The van der Waals surface area contributed by atoms with E-state index in [0.717, 1.165) is 47.5 Å². The summed E-state index contributed by atoms with van der Waals surface area (Å²) in [4.78, 5) is 29.4. The minimum atomic E-state index is -4.24. The summed E-state index contributed by atoms with van der Waals surface area (Å²) < 4.78 is 29.1. The fourth-order valence-corrected chi connectivity index (χ4v) is 7.35. The molecule has 0 saturated heterocycles. The van der Waals surface area contributed by atoms with Gasteiger partial charge < -0.3 is 10.2 Å². The van der Waals surface area contributed by atoms with Crippen molar-refractivity contribution in [1.29, 1.82) is 0 Å². The lowest BCUT2D eigenvalue weighted by molar-refractivity contribution is -0.140. The summed E-state index contributed by atoms with van der Waals surface area (Å²) in [5.74, 6) is -0.724. The van der Waals surface area contributed by atoms with Gasteiger partial charge in [0.15, 0.2) is 0 Å². The van der Waals surface area contributed by atoms with E-state index in [-0.39, 0.29) is 39.1 Å². The second-order valence-electron chi connectivity index (χ2n) is 11.0. The molecule has 7 nitrogen and oxygen atoms in total. The zero-order valence-corrected chi connectivity index (χ0v) is 27.0. The summed E-state index contributed by atoms with van der Waals surface area (Å²) in [6, 6.07) is 20.1. The standard InChI is InChI=1S/C33H39Cl2N3O4S/c1-3-29(33(40)36-26-13-8-5-9-14-26)37(22-21-25-11-6-4-7-12-25)31(39)23-38(30-16-10-15-28(34)32(30)35)43(41,42)27-19-17-24(2)18-20-27/h4,6-7,10-12,15-20,26,29H,3,5,8-9,13-14,21-23H2,1-2H3,(H,36,40)/t29-/m1/s1. The maximum absolute atomic E-state index is 14.2. The minimum Gasteiger partial charge on any atom is -0.352 e. The Morgan fingerprint density at radius 3 is 2.26 bits per heavy atom. The van der Waals surface area contributed by atoms with E-state index in [1.807, 2.05) is 44.2 Å². The molecule has 0 heterocycles. The number of amides is 2. The normalized spacial score (nSPS) is 14.6. The Kier molecular flexibility index (Phi) is 11.5. The molecule has 1 N–H and O–H groups in total. The van der Waals surface area contributed by atoms with E-state index in [4.69, 9.17) is 23.2 Å². The minimum absolute atomic E-state index is 0.0138. The number of hydrogen-bond acceptors (Lipinski definition) is 4. The van der Waals surface area contributed by atoms with Crippen LogP contribution in [0.25, 0.3) is 0 Å². The van der Waals surface area contributed by atoms with Crippen molar-refractivity contribution in [2.24, 2.45) is 0 Å². The highest BCUT2D eigenvalue weighted by atomic mass is 35.5. The molecule has 0 radical (unpaired) electrons. The van der Waals surface area contributed by atoms with Gasteiger partial charge in [0.25, 0.3) is 10.0 Å².